The Morgan fingerprint density at radius 3 is 2.60 bits per heavy atom. The fourth-order valence-corrected chi connectivity index (χ4v) is 3.36. The summed E-state index contributed by atoms with van der Waals surface area (Å²) in [4.78, 5) is 0. The summed E-state index contributed by atoms with van der Waals surface area (Å²) in [6.45, 7) is 0. The van der Waals surface area contributed by atoms with Crippen LogP contribution >= 0.6 is 34.5 Å². The highest BCUT2D eigenvalue weighted by Crippen LogP contribution is 2.44. The van der Waals surface area contributed by atoms with Crippen LogP contribution in [0.15, 0.2) is 34.9 Å². The number of aromatic nitrogens is 1. The normalized spacial score (nSPS) is 10.9. The lowest BCUT2D eigenvalue weighted by Crippen LogP contribution is -1.91. The molecular formula is C13H7Cl2FN2OS. The first-order valence-electron chi connectivity index (χ1n) is 5.53. The minimum atomic E-state index is -0.416. The number of hydrogen-bond donors (Lipinski definition) is 1. The van der Waals surface area contributed by atoms with E-state index < -0.39 is 5.82 Å². The fourth-order valence-electron chi connectivity index (χ4n) is 1.91. The highest BCUT2D eigenvalue weighted by atomic mass is 35.5. The molecule has 1 aromatic carbocycles. The predicted octanol–water partition coefficient (Wildman–Crippen LogP) is 5.10. The Bertz CT molecular complexity index is 785. The van der Waals surface area contributed by atoms with E-state index in [2.05, 4.69) is 5.16 Å². The van der Waals surface area contributed by atoms with Gasteiger partial charge in [-0.05, 0) is 12.1 Å². The molecule has 3 nitrogen and oxygen atoms in total. The summed E-state index contributed by atoms with van der Waals surface area (Å²) >= 11 is 13.2. The van der Waals surface area contributed by atoms with Gasteiger partial charge in [0.25, 0.3) is 0 Å². The van der Waals surface area contributed by atoms with Crippen molar-refractivity contribution in [3.8, 4) is 22.5 Å². The molecule has 3 rings (SSSR count). The monoisotopic (exact) mass is 328 g/mol. The number of rotatable bonds is 2. The molecule has 0 spiro atoms. The zero-order valence-electron chi connectivity index (χ0n) is 9.86. The van der Waals surface area contributed by atoms with E-state index in [1.807, 2.05) is 0 Å². The van der Waals surface area contributed by atoms with Gasteiger partial charge in [0.1, 0.15) is 10.2 Å². The van der Waals surface area contributed by atoms with Gasteiger partial charge in [0.15, 0.2) is 11.6 Å². The first kappa shape index (κ1) is 13.4. The maximum Gasteiger partial charge on any atom is 0.179 e. The molecule has 0 atom stereocenters. The van der Waals surface area contributed by atoms with Crippen LogP contribution in [0.25, 0.3) is 22.5 Å². The van der Waals surface area contributed by atoms with Gasteiger partial charge in [0.05, 0.1) is 15.5 Å². The molecule has 0 aliphatic carbocycles. The summed E-state index contributed by atoms with van der Waals surface area (Å²) in [7, 11) is 0. The average molecular weight is 329 g/mol. The molecule has 3 aromatic rings. The summed E-state index contributed by atoms with van der Waals surface area (Å²) in [6, 6.07) is 7.88. The lowest BCUT2D eigenvalue weighted by molar-refractivity contribution is 0.436. The van der Waals surface area contributed by atoms with Crippen LogP contribution in [0.2, 0.25) is 8.67 Å². The fraction of sp³-hybridized carbons (Fsp3) is 0. The van der Waals surface area contributed by atoms with E-state index in [1.54, 1.807) is 24.3 Å². The third-order valence-electron chi connectivity index (χ3n) is 2.76. The van der Waals surface area contributed by atoms with E-state index >= 15 is 0 Å². The molecule has 20 heavy (non-hydrogen) atoms. The largest absolute Gasteiger partial charge is 0.380 e. The average Bonchev–Trinajstić information content (AvgIpc) is 2.93. The third kappa shape index (κ3) is 2.18. The lowest BCUT2D eigenvalue weighted by atomic mass is 10.0. The quantitative estimate of drug-likeness (QED) is 0.712. The topological polar surface area (TPSA) is 52.0 Å². The first-order chi connectivity index (χ1) is 9.58. The van der Waals surface area contributed by atoms with Crippen LogP contribution in [-0.4, -0.2) is 5.16 Å². The maximum atomic E-state index is 14.0. The standard InChI is InChI=1S/C13H7Cl2FN2OS/c14-9-5-7(12(15)20-9)11-10(13(17)18-19-11)6-3-1-2-4-8(6)16/h1-5H,(H2,17,18). The summed E-state index contributed by atoms with van der Waals surface area (Å²) in [5, 5.41) is 3.70. The van der Waals surface area contributed by atoms with Crippen molar-refractivity contribution in [3.63, 3.8) is 0 Å². The minimum absolute atomic E-state index is 0.100. The second-order valence-corrected chi connectivity index (χ2v) is 6.28. The van der Waals surface area contributed by atoms with Crippen LogP contribution in [-0.2, 0) is 0 Å². The molecule has 0 saturated heterocycles. The Kier molecular flexibility index (Phi) is 3.41. The Morgan fingerprint density at radius 2 is 1.95 bits per heavy atom. The number of hydrogen-bond acceptors (Lipinski definition) is 4. The zero-order valence-corrected chi connectivity index (χ0v) is 12.2. The van der Waals surface area contributed by atoms with Crippen molar-refractivity contribution in [2.75, 3.05) is 5.73 Å². The van der Waals surface area contributed by atoms with Crippen LogP contribution in [0.3, 0.4) is 0 Å². The molecule has 0 bridgehead atoms. The van der Waals surface area contributed by atoms with Gasteiger partial charge >= 0.3 is 0 Å². The highest BCUT2D eigenvalue weighted by Gasteiger charge is 2.23. The molecule has 0 radical (unpaired) electrons. The van der Waals surface area contributed by atoms with E-state index in [0.29, 0.717) is 31.1 Å². The van der Waals surface area contributed by atoms with Gasteiger partial charge in [-0.2, -0.15) is 0 Å². The van der Waals surface area contributed by atoms with Gasteiger partial charge < -0.3 is 10.3 Å². The van der Waals surface area contributed by atoms with Crippen molar-refractivity contribution < 1.29 is 8.91 Å². The van der Waals surface area contributed by atoms with Gasteiger partial charge in [-0.1, -0.05) is 46.6 Å². The van der Waals surface area contributed by atoms with Gasteiger partial charge in [-0.25, -0.2) is 4.39 Å². The molecule has 0 aliphatic rings. The van der Waals surface area contributed by atoms with Crippen molar-refractivity contribution in [1.29, 1.82) is 0 Å². The van der Waals surface area contributed by atoms with E-state index in [0.717, 1.165) is 0 Å². The predicted molar refractivity (Wildman–Crippen MR) is 79.6 cm³/mol. The second-order valence-electron chi connectivity index (χ2n) is 3.99. The summed E-state index contributed by atoms with van der Waals surface area (Å²) in [5.74, 6) is -0.00895. The van der Waals surface area contributed by atoms with Gasteiger partial charge in [-0.3, -0.25) is 0 Å². The molecular weight excluding hydrogens is 322 g/mol. The summed E-state index contributed by atoms with van der Waals surface area (Å²) in [5.41, 5.74) is 7.02. The lowest BCUT2D eigenvalue weighted by Gasteiger charge is -2.03. The Labute approximate surface area is 127 Å². The van der Waals surface area contributed by atoms with Crippen molar-refractivity contribution in [1.82, 2.24) is 5.16 Å². The summed E-state index contributed by atoms with van der Waals surface area (Å²) < 4.78 is 20.1. The molecule has 0 amide bonds. The number of thiophene rings is 1. The third-order valence-corrected chi connectivity index (χ3v) is 4.25. The second kappa shape index (κ2) is 5.09. The highest BCUT2D eigenvalue weighted by molar-refractivity contribution is 7.20. The van der Waals surface area contributed by atoms with Crippen molar-refractivity contribution in [2.24, 2.45) is 0 Å². The molecule has 102 valence electrons. The molecule has 0 unspecified atom stereocenters. The Morgan fingerprint density at radius 1 is 1.20 bits per heavy atom. The number of halogens is 3. The van der Waals surface area contributed by atoms with Crippen LogP contribution in [0, 0.1) is 5.82 Å². The van der Waals surface area contributed by atoms with E-state index in [4.69, 9.17) is 33.5 Å². The number of benzene rings is 1. The number of nitrogens with two attached hydrogens (primary N) is 1. The van der Waals surface area contributed by atoms with E-state index in [1.165, 1.54) is 17.4 Å². The van der Waals surface area contributed by atoms with Crippen molar-refractivity contribution in [2.45, 2.75) is 0 Å². The molecule has 2 N–H and O–H groups in total. The number of nitrogen functional groups attached to an aromatic ring is 1. The van der Waals surface area contributed by atoms with Crippen molar-refractivity contribution >= 4 is 40.4 Å². The molecule has 0 fully saturated rings. The maximum absolute atomic E-state index is 14.0. The molecule has 2 aromatic heterocycles. The smallest absolute Gasteiger partial charge is 0.179 e. The van der Waals surface area contributed by atoms with E-state index in [-0.39, 0.29) is 5.82 Å². The number of anilines is 1. The van der Waals surface area contributed by atoms with Crippen LogP contribution in [0.4, 0.5) is 10.2 Å². The van der Waals surface area contributed by atoms with Gasteiger partial charge in [0, 0.05) is 5.56 Å². The SMILES string of the molecule is Nc1noc(-c2cc(Cl)sc2Cl)c1-c1ccccc1F. The first-order valence-corrected chi connectivity index (χ1v) is 7.10. The van der Waals surface area contributed by atoms with Crippen molar-refractivity contribution in [3.05, 3.63) is 44.8 Å². The minimum Gasteiger partial charge on any atom is -0.380 e. The Balaban J connectivity index is 2.26. The molecule has 0 aliphatic heterocycles. The van der Waals surface area contributed by atoms with Crippen LogP contribution in [0.5, 0.6) is 0 Å². The molecule has 7 heteroatoms. The number of nitrogens with zero attached hydrogens (tertiary/aromatic N) is 1. The Hall–Kier alpha value is -1.56. The van der Waals surface area contributed by atoms with Crippen LogP contribution in [0.1, 0.15) is 0 Å². The molecule has 0 saturated carbocycles. The van der Waals surface area contributed by atoms with Gasteiger partial charge in [-0.15, -0.1) is 11.3 Å². The zero-order chi connectivity index (χ0) is 14.3. The summed E-state index contributed by atoms with van der Waals surface area (Å²) in [6.07, 6.45) is 0. The van der Waals surface area contributed by atoms with E-state index in [9.17, 15) is 4.39 Å². The van der Waals surface area contributed by atoms with Crippen LogP contribution < -0.4 is 5.73 Å². The van der Waals surface area contributed by atoms with Gasteiger partial charge in [0.2, 0.25) is 0 Å². The molecule has 2 heterocycles.